The van der Waals surface area contributed by atoms with E-state index in [0.29, 0.717) is 5.56 Å². The van der Waals surface area contributed by atoms with Crippen molar-refractivity contribution in [3.05, 3.63) is 35.9 Å². The maximum atomic E-state index is 12.0. The van der Waals surface area contributed by atoms with Gasteiger partial charge in [-0.05, 0) is 37.6 Å². The monoisotopic (exact) mass is 313 g/mol. The highest BCUT2D eigenvalue weighted by molar-refractivity contribution is 5.89. The highest BCUT2D eigenvalue weighted by Gasteiger charge is 2.06. The molecule has 0 spiro atoms. The largest absolute Gasteiger partial charge is 0.452 e. The minimum atomic E-state index is -2.88. The molecule has 0 aliphatic carbocycles. The van der Waals surface area contributed by atoms with Crippen LogP contribution in [0.3, 0.4) is 0 Å². The summed E-state index contributed by atoms with van der Waals surface area (Å²) in [6.07, 6.45) is 2.58. The Labute approximate surface area is 126 Å². The topological polar surface area (TPSA) is 64.6 Å². The summed E-state index contributed by atoms with van der Waals surface area (Å²) >= 11 is 0. The minimum Gasteiger partial charge on any atom is -0.452 e. The molecule has 1 aromatic rings. The Balaban J connectivity index is 2.43. The molecule has 1 amide bonds. The van der Waals surface area contributed by atoms with Crippen LogP contribution in [0.25, 0.3) is 6.08 Å². The van der Waals surface area contributed by atoms with Gasteiger partial charge in [0, 0.05) is 12.1 Å². The smallest absolute Gasteiger partial charge is 0.387 e. The van der Waals surface area contributed by atoms with Crippen molar-refractivity contribution in [2.24, 2.45) is 0 Å². The second-order valence-corrected chi connectivity index (χ2v) is 4.61. The van der Waals surface area contributed by atoms with Crippen molar-refractivity contribution in [3.63, 3.8) is 0 Å². The van der Waals surface area contributed by atoms with Crippen molar-refractivity contribution in [1.29, 1.82) is 0 Å². The number of esters is 1. The number of hydrogen-bond donors (Lipinski definition) is 1. The zero-order chi connectivity index (χ0) is 16.5. The third-order valence-corrected chi connectivity index (χ3v) is 2.31. The molecule has 0 saturated heterocycles. The van der Waals surface area contributed by atoms with Crippen molar-refractivity contribution >= 4 is 18.0 Å². The van der Waals surface area contributed by atoms with Gasteiger partial charge in [0.25, 0.3) is 5.91 Å². The molecule has 0 radical (unpaired) electrons. The fraction of sp³-hybridized carbons (Fsp3) is 0.333. The lowest BCUT2D eigenvalue weighted by atomic mass is 10.2. The molecule has 120 valence electrons. The van der Waals surface area contributed by atoms with E-state index in [-0.39, 0.29) is 24.3 Å². The molecule has 1 N–H and O–H groups in total. The molecule has 0 aliphatic heterocycles. The number of hydrogen-bond acceptors (Lipinski definition) is 4. The van der Waals surface area contributed by atoms with Gasteiger partial charge in [0.15, 0.2) is 6.61 Å². The lowest BCUT2D eigenvalue weighted by Gasteiger charge is -2.07. The van der Waals surface area contributed by atoms with Crippen molar-refractivity contribution in [2.75, 3.05) is 6.61 Å². The summed E-state index contributed by atoms with van der Waals surface area (Å²) in [7, 11) is 0. The Bertz CT molecular complexity index is 527. The third kappa shape index (κ3) is 7.37. The van der Waals surface area contributed by atoms with Gasteiger partial charge in [0.2, 0.25) is 0 Å². The SMILES string of the molecule is CC(C)NC(=O)COC(=O)/C=C/c1ccc(OC(F)F)cc1. The average Bonchev–Trinajstić information content (AvgIpc) is 2.43. The van der Waals surface area contributed by atoms with Gasteiger partial charge in [-0.15, -0.1) is 0 Å². The summed E-state index contributed by atoms with van der Waals surface area (Å²) in [5, 5.41) is 2.58. The molecule has 1 aromatic carbocycles. The van der Waals surface area contributed by atoms with E-state index in [9.17, 15) is 18.4 Å². The van der Waals surface area contributed by atoms with Crippen LogP contribution in [0.2, 0.25) is 0 Å². The lowest BCUT2D eigenvalue weighted by molar-refractivity contribution is -0.143. The van der Waals surface area contributed by atoms with Crippen molar-refractivity contribution in [1.82, 2.24) is 5.32 Å². The first kappa shape index (κ1) is 17.6. The average molecular weight is 313 g/mol. The van der Waals surface area contributed by atoms with E-state index in [0.717, 1.165) is 6.08 Å². The van der Waals surface area contributed by atoms with E-state index in [1.807, 2.05) is 0 Å². The number of ether oxygens (including phenoxy) is 2. The molecular formula is C15H17F2NO4. The van der Waals surface area contributed by atoms with Gasteiger partial charge in [0.1, 0.15) is 5.75 Å². The molecule has 7 heteroatoms. The molecule has 0 saturated carbocycles. The third-order valence-electron chi connectivity index (χ3n) is 2.31. The molecule has 0 aromatic heterocycles. The summed E-state index contributed by atoms with van der Waals surface area (Å²) in [5.41, 5.74) is 0.602. The molecule has 0 heterocycles. The number of carbonyl (C=O) groups is 2. The van der Waals surface area contributed by atoms with Crippen LogP contribution in [0, 0.1) is 0 Å². The molecule has 0 bridgehead atoms. The van der Waals surface area contributed by atoms with Crippen LogP contribution >= 0.6 is 0 Å². The first-order valence-corrected chi connectivity index (χ1v) is 6.56. The van der Waals surface area contributed by atoms with E-state index >= 15 is 0 Å². The van der Waals surface area contributed by atoms with E-state index in [4.69, 9.17) is 4.74 Å². The van der Waals surface area contributed by atoms with Crippen LogP contribution in [0.15, 0.2) is 30.3 Å². The van der Waals surface area contributed by atoms with Crippen LogP contribution in [0.4, 0.5) is 8.78 Å². The van der Waals surface area contributed by atoms with Gasteiger partial charge >= 0.3 is 12.6 Å². The van der Waals surface area contributed by atoms with Gasteiger partial charge in [0.05, 0.1) is 0 Å². The maximum absolute atomic E-state index is 12.0. The molecule has 0 unspecified atom stereocenters. The summed E-state index contributed by atoms with van der Waals surface area (Å²) < 4.78 is 32.9. The van der Waals surface area contributed by atoms with Gasteiger partial charge in [-0.25, -0.2) is 4.79 Å². The molecular weight excluding hydrogens is 296 g/mol. The van der Waals surface area contributed by atoms with Crippen LogP contribution in [0.5, 0.6) is 5.75 Å². The minimum absolute atomic E-state index is 0.0279. The van der Waals surface area contributed by atoms with Crippen molar-refractivity contribution in [2.45, 2.75) is 26.5 Å². The van der Waals surface area contributed by atoms with Crippen LogP contribution in [0.1, 0.15) is 19.4 Å². The predicted octanol–water partition coefficient (Wildman–Crippen LogP) is 2.37. The van der Waals surface area contributed by atoms with Crippen molar-refractivity contribution in [3.8, 4) is 5.75 Å². The molecule has 0 aliphatic rings. The van der Waals surface area contributed by atoms with Gasteiger partial charge in [-0.2, -0.15) is 8.78 Å². The van der Waals surface area contributed by atoms with Gasteiger partial charge in [-0.3, -0.25) is 4.79 Å². The highest BCUT2D eigenvalue weighted by atomic mass is 19.3. The first-order chi connectivity index (χ1) is 10.4. The molecule has 1 rings (SSSR count). The second kappa shape index (κ2) is 8.76. The fourth-order valence-electron chi connectivity index (χ4n) is 1.47. The molecule has 0 fully saturated rings. The molecule has 0 atom stereocenters. The zero-order valence-corrected chi connectivity index (χ0v) is 12.2. The van der Waals surface area contributed by atoms with E-state index < -0.39 is 12.6 Å². The fourth-order valence-corrected chi connectivity index (χ4v) is 1.47. The Morgan fingerprint density at radius 2 is 1.86 bits per heavy atom. The Morgan fingerprint density at radius 3 is 2.41 bits per heavy atom. The quantitative estimate of drug-likeness (QED) is 0.620. The Morgan fingerprint density at radius 1 is 1.23 bits per heavy atom. The summed E-state index contributed by atoms with van der Waals surface area (Å²) in [6.45, 7) is 0.346. The van der Waals surface area contributed by atoms with E-state index in [1.165, 1.54) is 30.3 Å². The van der Waals surface area contributed by atoms with Gasteiger partial charge < -0.3 is 14.8 Å². The molecule has 22 heavy (non-hydrogen) atoms. The van der Waals surface area contributed by atoms with Gasteiger partial charge in [-0.1, -0.05) is 12.1 Å². The standard InChI is InChI=1S/C15H17F2NO4/c1-10(2)18-13(19)9-21-14(20)8-5-11-3-6-12(7-4-11)22-15(16)17/h3-8,10,15H,9H2,1-2H3,(H,18,19)/b8-5+. The maximum Gasteiger partial charge on any atom is 0.387 e. The molecule has 5 nitrogen and oxygen atoms in total. The number of rotatable bonds is 7. The Hall–Kier alpha value is -2.44. The zero-order valence-electron chi connectivity index (χ0n) is 12.2. The number of halogens is 2. The number of benzene rings is 1. The second-order valence-electron chi connectivity index (χ2n) is 4.61. The van der Waals surface area contributed by atoms with E-state index in [2.05, 4.69) is 10.1 Å². The number of amides is 1. The highest BCUT2D eigenvalue weighted by Crippen LogP contribution is 2.15. The Kier molecular flexibility index (Phi) is 7.01. The van der Waals surface area contributed by atoms with Crippen LogP contribution in [-0.2, 0) is 14.3 Å². The predicted molar refractivity (Wildman–Crippen MR) is 76.3 cm³/mol. The summed E-state index contributed by atoms with van der Waals surface area (Å²) in [6, 6.07) is 5.69. The summed E-state index contributed by atoms with van der Waals surface area (Å²) in [5.74, 6) is -1.03. The van der Waals surface area contributed by atoms with Crippen LogP contribution in [-0.4, -0.2) is 31.1 Å². The number of alkyl halides is 2. The summed E-state index contributed by atoms with van der Waals surface area (Å²) in [4.78, 5) is 22.7. The number of nitrogens with one attached hydrogen (secondary N) is 1. The van der Waals surface area contributed by atoms with Crippen molar-refractivity contribution < 1.29 is 27.8 Å². The normalized spacial score (nSPS) is 11.0. The number of carbonyl (C=O) groups excluding carboxylic acids is 2. The van der Waals surface area contributed by atoms with Crippen LogP contribution < -0.4 is 10.1 Å². The lowest BCUT2D eigenvalue weighted by Crippen LogP contribution is -2.33. The first-order valence-electron chi connectivity index (χ1n) is 6.56. The van der Waals surface area contributed by atoms with E-state index in [1.54, 1.807) is 13.8 Å².